The molecule has 0 radical (unpaired) electrons. The number of nitrogens with one attached hydrogen (secondary N) is 1. The molecule has 1 aromatic carbocycles. The van der Waals surface area contributed by atoms with E-state index >= 15 is 0 Å². The number of hydrogen-bond acceptors (Lipinski definition) is 19. The zero-order chi connectivity index (χ0) is 37.0. The van der Waals surface area contributed by atoms with Gasteiger partial charge in [0.05, 0.1) is 5.56 Å². The number of amides is 2. The van der Waals surface area contributed by atoms with Crippen molar-refractivity contribution < 1.29 is 62.5 Å². The first-order chi connectivity index (χ1) is 24.2. The van der Waals surface area contributed by atoms with Crippen molar-refractivity contribution >= 4 is 76.9 Å². The predicted octanol–water partition coefficient (Wildman–Crippen LogP) is -0.729. The fourth-order valence-electron chi connectivity index (χ4n) is 4.53. The second-order valence-corrected chi connectivity index (χ2v) is 12.2. The van der Waals surface area contributed by atoms with E-state index in [1.165, 1.54) is 0 Å². The molecule has 0 spiro atoms. The van der Waals surface area contributed by atoms with Gasteiger partial charge < -0.3 is 40.0 Å². The second-order valence-electron chi connectivity index (χ2n) is 10.2. The highest BCUT2D eigenvalue weighted by Gasteiger charge is 2.54. The highest BCUT2D eigenvalue weighted by molar-refractivity contribution is 8.01. The number of nitrogens with zero attached hydrogens (tertiary/aromatic N) is 7. The maximum atomic E-state index is 13.4. The number of β-lactam (4-membered cyclic amide) rings is 1. The number of oxime groups is 1. The Morgan fingerprint density at radius 1 is 1.14 bits per heavy atom. The van der Waals surface area contributed by atoms with Crippen molar-refractivity contribution in [1.82, 2.24) is 35.4 Å². The van der Waals surface area contributed by atoms with Crippen LogP contribution in [-0.2, 0) is 40.1 Å². The van der Waals surface area contributed by atoms with Gasteiger partial charge in [0, 0.05) is 25.4 Å². The van der Waals surface area contributed by atoms with Crippen molar-refractivity contribution in [2.75, 3.05) is 17.2 Å². The van der Waals surface area contributed by atoms with Crippen LogP contribution in [0.15, 0.2) is 50.5 Å². The number of oxazole rings is 1. The largest absolute Gasteiger partial charge is 0.480 e. The molecule has 266 valence electrons. The van der Waals surface area contributed by atoms with Crippen LogP contribution in [0.5, 0.6) is 11.5 Å². The normalized spacial score (nSPS) is 16.9. The van der Waals surface area contributed by atoms with Crippen LogP contribution in [0.4, 0.5) is 6.01 Å². The number of carboxylic acids is 2. The van der Waals surface area contributed by atoms with E-state index in [1.54, 1.807) is 0 Å². The Hall–Kier alpha value is -6.30. The van der Waals surface area contributed by atoms with E-state index in [2.05, 4.69) is 31.0 Å². The van der Waals surface area contributed by atoms with Crippen LogP contribution in [-0.4, -0.2) is 111 Å². The Labute approximate surface area is 292 Å². The molecule has 5 N–H and O–H groups in total. The summed E-state index contributed by atoms with van der Waals surface area (Å²) in [5, 5.41) is 35.1. The fourth-order valence-corrected chi connectivity index (χ4v) is 6.89. The lowest BCUT2D eigenvalue weighted by molar-refractivity contribution is -0.150. The monoisotopic (exact) mass is 745 g/mol. The van der Waals surface area contributed by atoms with E-state index in [1.807, 2.05) is 0 Å². The van der Waals surface area contributed by atoms with Gasteiger partial charge in [-0.2, -0.15) is 4.98 Å². The van der Waals surface area contributed by atoms with Crippen LogP contribution in [0.25, 0.3) is 0 Å². The average Bonchev–Trinajstić information content (AvgIpc) is 3.70. The number of fused-ring (bicyclic) bond motifs is 1. The van der Waals surface area contributed by atoms with Gasteiger partial charge in [-0.15, -0.1) is 16.9 Å². The number of nitrogens with two attached hydrogens (primary N) is 1. The van der Waals surface area contributed by atoms with E-state index in [0.29, 0.717) is 5.57 Å². The van der Waals surface area contributed by atoms with Gasteiger partial charge in [0.25, 0.3) is 17.8 Å². The van der Waals surface area contributed by atoms with Gasteiger partial charge in [-0.3, -0.25) is 28.9 Å². The van der Waals surface area contributed by atoms with Crippen LogP contribution in [0.3, 0.4) is 0 Å². The van der Waals surface area contributed by atoms with E-state index in [0.717, 1.165) is 71.4 Å². The highest BCUT2D eigenvalue weighted by atomic mass is 32.2. The Bertz CT molecular complexity index is 2020. The lowest BCUT2D eigenvalue weighted by Gasteiger charge is -2.49. The van der Waals surface area contributed by atoms with Crippen molar-refractivity contribution in [3.05, 3.63) is 47.0 Å². The van der Waals surface area contributed by atoms with E-state index in [4.69, 9.17) is 29.6 Å². The number of ether oxygens (including phenoxy) is 2. The Morgan fingerprint density at radius 2 is 1.86 bits per heavy atom. The summed E-state index contributed by atoms with van der Waals surface area (Å²) in [4.78, 5) is 95.6. The molecule has 22 nitrogen and oxygen atoms in total. The number of nitrogen functional groups attached to an aromatic ring is 1. The third-order valence-corrected chi connectivity index (χ3v) is 8.97. The number of thioether (sulfide) groups is 2. The topological polar surface area (TPSA) is 311 Å². The summed E-state index contributed by atoms with van der Waals surface area (Å²) < 4.78 is 15.9. The molecule has 0 bridgehead atoms. The van der Waals surface area contributed by atoms with Gasteiger partial charge in [0.15, 0.2) is 17.2 Å². The van der Waals surface area contributed by atoms with Crippen molar-refractivity contribution in [2.24, 2.45) is 5.16 Å². The molecule has 2 aliphatic heterocycles. The standard InChI is InChI=1S/C27H23N9O13S2/c1-10(37)47-15-4-3-12(5-16(15)48-11(2)38)25(45)49-32-18(14-7-46-26(28)29-14)21(41)30-19-22(42)36-20(24(43)44)13(8-50-23(19)36)9-51-27-31-33-34-35(27)6-17(39)40/h3-5,7,19,23H,6,8-9H2,1-2H3,(H2,28,29)(H,30,41)(H,39,40)(H,43,44)/b32-18-/t19-,23+/m1/s1. The number of tetrazole rings is 1. The minimum absolute atomic E-state index is 0.00670. The molecule has 2 atom stereocenters. The first-order valence-corrected chi connectivity index (χ1v) is 16.1. The minimum atomic E-state index is -1.41. The van der Waals surface area contributed by atoms with E-state index < -0.39 is 65.3 Å². The van der Waals surface area contributed by atoms with E-state index in [9.17, 15) is 38.7 Å². The summed E-state index contributed by atoms with van der Waals surface area (Å²) in [7, 11) is 0. The summed E-state index contributed by atoms with van der Waals surface area (Å²) >= 11 is 2.12. The molecule has 4 heterocycles. The van der Waals surface area contributed by atoms with Gasteiger partial charge in [-0.1, -0.05) is 16.9 Å². The highest BCUT2D eigenvalue weighted by Crippen LogP contribution is 2.41. The third kappa shape index (κ3) is 8.13. The third-order valence-electron chi connectivity index (χ3n) is 6.58. The average molecular weight is 746 g/mol. The zero-order valence-electron chi connectivity index (χ0n) is 26.0. The molecule has 0 saturated carbocycles. The second kappa shape index (κ2) is 15.1. The SMILES string of the molecule is CC(=O)Oc1ccc(C(=O)O/N=C(\C(=O)N[C@@H]2C(=O)N3C(C(=O)O)=C(CSc4nnnn4CC(=O)O)CS[C@@H]23)c2coc(N)n2)cc1OC(C)=O. The molecule has 3 aromatic rings. The lowest BCUT2D eigenvalue weighted by Crippen LogP contribution is -2.71. The Kier molecular flexibility index (Phi) is 10.6. The maximum absolute atomic E-state index is 13.4. The summed E-state index contributed by atoms with van der Waals surface area (Å²) in [6.45, 7) is 1.67. The molecule has 2 amide bonds. The van der Waals surface area contributed by atoms with Crippen LogP contribution < -0.4 is 20.5 Å². The van der Waals surface area contributed by atoms with Gasteiger partial charge in [0.2, 0.25) is 5.16 Å². The summed E-state index contributed by atoms with van der Waals surface area (Å²) in [5.41, 5.74) is 4.36. The van der Waals surface area contributed by atoms with Gasteiger partial charge >= 0.3 is 29.8 Å². The first kappa shape index (κ1) is 36.0. The number of anilines is 1. The first-order valence-electron chi connectivity index (χ1n) is 14.1. The Morgan fingerprint density at radius 3 is 2.51 bits per heavy atom. The molecule has 5 rings (SSSR count). The molecule has 1 saturated heterocycles. The number of esters is 2. The minimum Gasteiger partial charge on any atom is -0.480 e. The summed E-state index contributed by atoms with van der Waals surface area (Å²) in [5.74, 6) is -7.47. The van der Waals surface area contributed by atoms with Crippen molar-refractivity contribution in [3.63, 3.8) is 0 Å². The van der Waals surface area contributed by atoms with Gasteiger partial charge in [-0.05, 0) is 34.2 Å². The fraction of sp³-hybridized carbons (Fsp3) is 0.259. The van der Waals surface area contributed by atoms with Crippen molar-refractivity contribution in [2.45, 2.75) is 37.0 Å². The van der Waals surface area contributed by atoms with Crippen molar-refractivity contribution in [3.8, 4) is 11.5 Å². The molecular formula is C27H23N9O13S2. The quantitative estimate of drug-likeness (QED) is 0.0319. The number of carboxylic acid groups (broad SMARTS) is 2. The van der Waals surface area contributed by atoms with E-state index in [-0.39, 0.29) is 51.1 Å². The molecule has 0 unspecified atom stereocenters. The number of aromatic nitrogens is 5. The molecule has 0 aliphatic carbocycles. The molecule has 2 aromatic heterocycles. The van der Waals surface area contributed by atoms with Crippen LogP contribution in [0.2, 0.25) is 0 Å². The van der Waals surface area contributed by atoms with Gasteiger partial charge in [-0.25, -0.2) is 14.3 Å². The predicted molar refractivity (Wildman–Crippen MR) is 168 cm³/mol. The number of hydrogen-bond donors (Lipinski definition) is 4. The zero-order valence-corrected chi connectivity index (χ0v) is 27.6. The number of carbonyl (C=O) groups excluding carboxylic acids is 5. The van der Waals surface area contributed by atoms with Crippen molar-refractivity contribution in [1.29, 1.82) is 0 Å². The van der Waals surface area contributed by atoms with Crippen LogP contribution in [0.1, 0.15) is 29.9 Å². The van der Waals surface area contributed by atoms with Gasteiger partial charge in [0.1, 0.15) is 35.6 Å². The number of benzene rings is 1. The lowest BCUT2D eigenvalue weighted by atomic mass is 10.0. The Balaban J connectivity index is 1.32. The molecular weight excluding hydrogens is 722 g/mol. The summed E-state index contributed by atoms with van der Waals surface area (Å²) in [6.07, 6.45) is 0.931. The van der Waals surface area contributed by atoms with Crippen LogP contribution in [0, 0.1) is 0 Å². The number of carbonyl (C=O) groups is 7. The van der Waals surface area contributed by atoms with Crippen LogP contribution >= 0.6 is 23.5 Å². The summed E-state index contributed by atoms with van der Waals surface area (Å²) in [6, 6.07) is 1.73. The molecule has 51 heavy (non-hydrogen) atoms. The molecule has 24 heteroatoms. The number of aliphatic carboxylic acids is 2. The maximum Gasteiger partial charge on any atom is 0.365 e. The molecule has 2 aliphatic rings. The smallest absolute Gasteiger partial charge is 0.365 e. The number of rotatable bonds is 13. The molecule has 1 fully saturated rings.